The first kappa shape index (κ1) is 19.7. The number of nitrogens with zero attached hydrogens (tertiary/aromatic N) is 4. The van der Waals surface area contributed by atoms with Crippen LogP contribution in [0.2, 0.25) is 0 Å². The molecular formula is C20H19N5O4. The van der Waals surface area contributed by atoms with Crippen LogP contribution in [0.1, 0.15) is 23.0 Å². The highest BCUT2D eigenvalue weighted by atomic mass is 16.6. The molecule has 148 valence electrons. The number of nitrogens with one attached hydrogen (secondary N) is 1. The third kappa shape index (κ3) is 4.11. The van der Waals surface area contributed by atoms with Crippen molar-refractivity contribution < 1.29 is 14.4 Å². The first-order valence-electron chi connectivity index (χ1n) is 8.62. The average Bonchev–Trinajstić information content (AvgIpc) is 3.16. The lowest BCUT2D eigenvalue weighted by Crippen LogP contribution is -2.17. The van der Waals surface area contributed by atoms with Crippen LogP contribution in [0.25, 0.3) is 0 Å². The standard InChI is InChI=1S/C20H19N5O4/c1-24-7-6-22-20(24)19(13-9-16(28-2)11-17(10-13)29-3)23-18-5-4-15(25(26)27)8-14(18)12-21/h4-11,19,23H,1-3H3. The molecule has 1 unspecified atom stereocenters. The maximum absolute atomic E-state index is 11.0. The van der Waals surface area contributed by atoms with Crippen molar-refractivity contribution in [3.8, 4) is 17.6 Å². The number of nitro benzene ring substituents is 1. The van der Waals surface area contributed by atoms with Crippen LogP contribution in [-0.2, 0) is 7.05 Å². The van der Waals surface area contributed by atoms with Crippen molar-refractivity contribution >= 4 is 11.4 Å². The molecule has 0 radical (unpaired) electrons. The predicted octanol–water partition coefficient (Wildman–Crippen LogP) is 3.42. The zero-order valence-electron chi connectivity index (χ0n) is 16.1. The SMILES string of the molecule is COc1cc(OC)cc(C(Nc2ccc([N+](=O)[O-])cc2C#N)c2nccn2C)c1. The number of nitriles is 1. The Labute approximate surface area is 167 Å². The van der Waals surface area contributed by atoms with Crippen LogP contribution in [-0.4, -0.2) is 28.7 Å². The van der Waals surface area contributed by atoms with Gasteiger partial charge in [-0.2, -0.15) is 5.26 Å². The van der Waals surface area contributed by atoms with Gasteiger partial charge in [-0.1, -0.05) is 0 Å². The number of hydrogen-bond acceptors (Lipinski definition) is 7. The van der Waals surface area contributed by atoms with Gasteiger partial charge >= 0.3 is 0 Å². The number of anilines is 1. The van der Waals surface area contributed by atoms with E-state index in [9.17, 15) is 15.4 Å². The lowest BCUT2D eigenvalue weighted by molar-refractivity contribution is -0.384. The van der Waals surface area contributed by atoms with Crippen LogP contribution in [0.4, 0.5) is 11.4 Å². The van der Waals surface area contributed by atoms with Crippen molar-refractivity contribution in [3.63, 3.8) is 0 Å². The molecule has 0 aliphatic heterocycles. The molecule has 0 fully saturated rings. The number of rotatable bonds is 7. The van der Waals surface area contributed by atoms with Gasteiger partial charge in [-0.3, -0.25) is 10.1 Å². The normalized spacial score (nSPS) is 11.4. The largest absolute Gasteiger partial charge is 0.497 e. The van der Waals surface area contributed by atoms with E-state index in [0.29, 0.717) is 23.0 Å². The monoisotopic (exact) mass is 393 g/mol. The van der Waals surface area contributed by atoms with E-state index in [0.717, 1.165) is 5.56 Å². The van der Waals surface area contributed by atoms with E-state index in [1.54, 1.807) is 26.5 Å². The summed E-state index contributed by atoms with van der Waals surface area (Å²) in [6.45, 7) is 0. The first-order valence-corrected chi connectivity index (χ1v) is 8.62. The van der Waals surface area contributed by atoms with Crippen LogP contribution in [0.3, 0.4) is 0 Å². The van der Waals surface area contributed by atoms with Crippen LogP contribution < -0.4 is 14.8 Å². The van der Waals surface area contributed by atoms with E-state index in [1.807, 2.05) is 36.0 Å². The molecule has 1 aromatic heterocycles. The van der Waals surface area contributed by atoms with Gasteiger partial charge in [0.05, 0.1) is 30.4 Å². The maximum atomic E-state index is 11.0. The highest BCUT2D eigenvalue weighted by Crippen LogP contribution is 2.33. The molecule has 9 heteroatoms. The van der Waals surface area contributed by atoms with Gasteiger partial charge in [0.2, 0.25) is 0 Å². The van der Waals surface area contributed by atoms with Gasteiger partial charge in [0.1, 0.15) is 29.4 Å². The first-order chi connectivity index (χ1) is 14.0. The lowest BCUT2D eigenvalue weighted by atomic mass is 10.0. The minimum absolute atomic E-state index is 0.149. The molecular weight excluding hydrogens is 374 g/mol. The molecule has 0 spiro atoms. The Hall–Kier alpha value is -4.06. The predicted molar refractivity (Wildman–Crippen MR) is 106 cm³/mol. The third-order valence-electron chi connectivity index (χ3n) is 4.46. The van der Waals surface area contributed by atoms with Gasteiger partial charge in [0, 0.05) is 37.6 Å². The Balaban J connectivity index is 2.11. The molecule has 0 saturated carbocycles. The number of ether oxygens (including phenoxy) is 2. The quantitative estimate of drug-likeness (QED) is 0.483. The Morgan fingerprint density at radius 3 is 2.41 bits per heavy atom. The van der Waals surface area contributed by atoms with E-state index in [2.05, 4.69) is 10.3 Å². The number of non-ortho nitro benzene ring substituents is 1. The lowest BCUT2D eigenvalue weighted by Gasteiger charge is -2.22. The van der Waals surface area contributed by atoms with Crippen molar-refractivity contribution in [2.75, 3.05) is 19.5 Å². The zero-order valence-corrected chi connectivity index (χ0v) is 16.1. The Bertz CT molecular complexity index is 1060. The number of hydrogen-bond donors (Lipinski definition) is 1. The molecule has 1 atom stereocenters. The Morgan fingerprint density at radius 2 is 1.90 bits per heavy atom. The molecule has 1 N–H and O–H groups in total. The molecule has 2 aromatic carbocycles. The zero-order chi connectivity index (χ0) is 21.0. The summed E-state index contributed by atoms with van der Waals surface area (Å²) >= 11 is 0. The number of aryl methyl sites for hydroxylation is 1. The summed E-state index contributed by atoms with van der Waals surface area (Å²) < 4.78 is 12.6. The summed E-state index contributed by atoms with van der Waals surface area (Å²) in [6.07, 6.45) is 3.48. The minimum atomic E-state index is -0.534. The van der Waals surface area contributed by atoms with Crippen molar-refractivity contribution in [2.45, 2.75) is 6.04 Å². The summed E-state index contributed by atoms with van der Waals surface area (Å²) in [4.78, 5) is 14.9. The van der Waals surface area contributed by atoms with Gasteiger partial charge < -0.3 is 19.4 Å². The van der Waals surface area contributed by atoms with E-state index < -0.39 is 11.0 Å². The molecule has 0 saturated heterocycles. The van der Waals surface area contributed by atoms with Gasteiger partial charge in [0.25, 0.3) is 5.69 Å². The summed E-state index contributed by atoms with van der Waals surface area (Å²) in [6, 6.07) is 11.1. The molecule has 0 aliphatic carbocycles. The highest BCUT2D eigenvalue weighted by molar-refractivity contribution is 5.63. The van der Waals surface area contributed by atoms with Crippen LogP contribution in [0.5, 0.6) is 11.5 Å². The Kier molecular flexibility index (Phi) is 5.64. The van der Waals surface area contributed by atoms with Crippen LogP contribution >= 0.6 is 0 Å². The van der Waals surface area contributed by atoms with Gasteiger partial charge in [-0.25, -0.2) is 4.98 Å². The van der Waals surface area contributed by atoms with Gasteiger partial charge in [-0.05, 0) is 23.8 Å². The summed E-state index contributed by atoms with van der Waals surface area (Å²) in [5, 5.41) is 23.8. The van der Waals surface area contributed by atoms with Gasteiger partial charge in [-0.15, -0.1) is 0 Å². The number of methoxy groups -OCH3 is 2. The van der Waals surface area contributed by atoms with Crippen LogP contribution in [0, 0.1) is 21.4 Å². The third-order valence-corrected chi connectivity index (χ3v) is 4.46. The fraction of sp³-hybridized carbons (Fsp3) is 0.200. The topological polar surface area (TPSA) is 115 Å². The molecule has 1 heterocycles. The number of nitro groups is 1. The average molecular weight is 393 g/mol. The number of benzene rings is 2. The summed E-state index contributed by atoms with van der Waals surface area (Å²) in [5.74, 6) is 1.89. The number of aromatic nitrogens is 2. The van der Waals surface area contributed by atoms with Gasteiger partial charge in [0.15, 0.2) is 0 Å². The smallest absolute Gasteiger partial charge is 0.270 e. The molecule has 3 rings (SSSR count). The minimum Gasteiger partial charge on any atom is -0.497 e. The van der Waals surface area contributed by atoms with E-state index >= 15 is 0 Å². The van der Waals surface area contributed by atoms with E-state index in [1.165, 1.54) is 18.2 Å². The maximum Gasteiger partial charge on any atom is 0.270 e. The van der Waals surface area contributed by atoms with Crippen molar-refractivity contribution in [1.82, 2.24) is 9.55 Å². The van der Waals surface area contributed by atoms with E-state index in [4.69, 9.17) is 9.47 Å². The second-order valence-corrected chi connectivity index (χ2v) is 6.22. The molecule has 0 amide bonds. The van der Waals surface area contributed by atoms with Crippen molar-refractivity contribution in [1.29, 1.82) is 5.26 Å². The van der Waals surface area contributed by atoms with Crippen molar-refractivity contribution in [2.24, 2.45) is 7.05 Å². The molecule has 29 heavy (non-hydrogen) atoms. The van der Waals surface area contributed by atoms with E-state index in [-0.39, 0.29) is 11.3 Å². The highest BCUT2D eigenvalue weighted by Gasteiger charge is 2.22. The fourth-order valence-electron chi connectivity index (χ4n) is 2.97. The van der Waals surface area contributed by atoms with Crippen LogP contribution in [0.15, 0.2) is 48.8 Å². The molecule has 0 bridgehead atoms. The second-order valence-electron chi connectivity index (χ2n) is 6.22. The summed E-state index contributed by atoms with van der Waals surface area (Å²) in [5.41, 5.74) is 1.25. The fourth-order valence-corrected chi connectivity index (χ4v) is 2.97. The Morgan fingerprint density at radius 1 is 1.21 bits per heavy atom. The summed E-state index contributed by atoms with van der Waals surface area (Å²) in [7, 11) is 4.98. The molecule has 0 aliphatic rings. The molecule has 3 aromatic rings. The van der Waals surface area contributed by atoms with Crippen molar-refractivity contribution in [3.05, 3.63) is 75.9 Å². The second kappa shape index (κ2) is 8.31. The number of imidazole rings is 1. The molecule has 9 nitrogen and oxygen atoms in total.